The highest BCUT2D eigenvalue weighted by molar-refractivity contribution is 6.30. The van der Waals surface area contributed by atoms with Crippen LogP contribution in [0.25, 0.3) is 0 Å². The van der Waals surface area contributed by atoms with Crippen LogP contribution in [0.1, 0.15) is 56.3 Å². The first-order valence-corrected chi connectivity index (χ1v) is 8.15. The van der Waals surface area contributed by atoms with Gasteiger partial charge < -0.3 is 5.32 Å². The number of unbranched alkanes of at least 4 members (excludes halogenated alkanes) is 1. The molecule has 0 aliphatic heterocycles. The molecule has 0 saturated heterocycles. The smallest absolute Gasteiger partial charge is 0.0409 e. The van der Waals surface area contributed by atoms with Crippen LogP contribution in [0.3, 0.4) is 0 Å². The Bertz CT molecular complexity index is 538. The molecule has 21 heavy (non-hydrogen) atoms. The minimum Gasteiger partial charge on any atom is -0.303 e. The zero-order chi connectivity index (χ0) is 15.1. The largest absolute Gasteiger partial charge is 0.303 e. The van der Waals surface area contributed by atoms with Crippen LogP contribution in [-0.4, -0.2) is 0 Å². The van der Waals surface area contributed by atoms with E-state index in [1.165, 1.54) is 24.0 Å². The van der Waals surface area contributed by atoms with Crippen molar-refractivity contribution in [3.8, 4) is 0 Å². The molecule has 0 radical (unpaired) electrons. The van der Waals surface area contributed by atoms with E-state index in [-0.39, 0.29) is 6.04 Å². The molecule has 2 aromatic rings. The first-order chi connectivity index (χ1) is 10.2. The third-order valence-electron chi connectivity index (χ3n) is 3.85. The molecule has 0 heterocycles. The number of nitrogens with one attached hydrogen (secondary N) is 1. The van der Waals surface area contributed by atoms with Gasteiger partial charge in [0.05, 0.1) is 0 Å². The minimum absolute atomic E-state index is 0.283. The lowest BCUT2D eigenvalue weighted by Crippen LogP contribution is -2.24. The molecule has 0 spiro atoms. The SMILES string of the molecule is CCCCC(NC(C)c1cccc(Cl)c1)c1ccccc1. The summed E-state index contributed by atoms with van der Waals surface area (Å²) in [5.74, 6) is 0. The summed E-state index contributed by atoms with van der Waals surface area (Å²) in [6.07, 6.45) is 3.61. The summed E-state index contributed by atoms with van der Waals surface area (Å²) in [6, 6.07) is 19.5. The zero-order valence-electron chi connectivity index (χ0n) is 12.9. The van der Waals surface area contributed by atoms with E-state index in [1.54, 1.807) is 0 Å². The van der Waals surface area contributed by atoms with E-state index in [0.29, 0.717) is 6.04 Å². The summed E-state index contributed by atoms with van der Waals surface area (Å²) in [6.45, 7) is 4.44. The Morgan fingerprint density at radius 3 is 2.38 bits per heavy atom. The molecule has 0 aromatic heterocycles. The van der Waals surface area contributed by atoms with Crippen LogP contribution in [0, 0.1) is 0 Å². The number of benzene rings is 2. The molecule has 2 rings (SSSR count). The zero-order valence-corrected chi connectivity index (χ0v) is 13.6. The molecule has 2 heteroatoms. The number of halogens is 1. The molecule has 2 aromatic carbocycles. The third kappa shape index (κ3) is 4.87. The summed E-state index contributed by atoms with van der Waals surface area (Å²) >= 11 is 6.10. The third-order valence-corrected chi connectivity index (χ3v) is 4.08. The average Bonchev–Trinajstić information content (AvgIpc) is 2.52. The summed E-state index contributed by atoms with van der Waals surface area (Å²) < 4.78 is 0. The standard InChI is InChI=1S/C19H24ClN/c1-3-4-13-19(16-9-6-5-7-10-16)21-15(2)17-11-8-12-18(20)14-17/h5-12,14-15,19,21H,3-4,13H2,1-2H3. The molecule has 1 N–H and O–H groups in total. The van der Waals surface area contributed by atoms with Gasteiger partial charge in [-0.2, -0.15) is 0 Å². The van der Waals surface area contributed by atoms with Crippen molar-refractivity contribution >= 4 is 11.6 Å². The Hall–Kier alpha value is -1.31. The highest BCUT2D eigenvalue weighted by Crippen LogP contribution is 2.25. The van der Waals surface area contributed by atoms with Gasteiger partial charge in [-0.1, -0.05) is 73.8 Å². The van der Waals surface area contributed by atoms with Crippen molar-refractivity contribution in [1.29, 1.82) is 0 Å². The molecule has 2 atom stereocenters. The van der Waals surface area contributed by atoms with Gasteiger partial charge in [-0.3, -0.25) is 0 Å². The van der Waals surface area contributed by atoms with Crippen LogP contribution in [0.15, 0.2) is 54.6 Å². The van der Waals surface area contributed by atoms with Crippen molar-refractivity contribution in [1.82, 2.24) is 5.32 Å². The fourth-order valence-electron chi connectivity index (χ4n) is 2.61. The van der Waals surface area contributed by atoms with Crippen molar-refractivity contribution < 1.29 is 0 Å². The highest BCUT2D eigenvalue weighted by atomic mass is 35.5. The Kier molecular flexibility index (Phi) is 6.28. The summed E-state index contributed by atoms with van der Waals surface area (Å²) in [5.41, 5.74) is 2.60. The Balaban J connectivity index is 2.11. The van der Waals surface area contributed by atoms with Gasteiger partial charge in [-0.15, -0.1) is 0 Å². The minimum atomic E-state index is 0.283. The molecule has 2 unspecified atom stereocenters. The van der Waals surface area contributed by atoms with Gasteiger partial charge in [-0.25, -0.2) is 0 Å². The molecule has 0 bridgehead atoms. The van der Waals surface area contributed by atoms with Gasteiger partial charge in [0.2, 0.25) is 0 Å². The first-order valence-electron chi connectivity index (χ1n) is 7.77. The van der Waals surface area contributed by atoms with E-state index >= 15 is 0 Å². The van der Waals surface area contributed by atoms with E-state index in [9.17, 15) is 0 Å². The topological polar surface area (TPSA) is 12.0 Å². The van der Waals surface area contributed by atoms with Crippen molar-refractivity contribution in [3.05, 3.63) is 70.7 Å². The number of hydrogen-bond acceptors (Lipinski definition) is 1. The lowest BCUT2D eigenvalue weighted by atomic mass is 9.99. The monoisotopic (exact) mass is 301 g/mol. The predicted octanol–water partition coefficient (Wildman–Crippen LogP) is 5.92. The van der Waals surface area contributed by atoms with Gasteiger partial charge in [0.1, 0.15) is 0 Å². The quantitative estimate of drug-likeness (QED) is 0.669. The molecule has 0 aliphatic rings. The van der Waals surface area contributed by atoms with Gasteiger partial charge in [-0.05, 0) is 36.6 Å². The summed E-state index contributed by atoms with van der Waals surface area (Å²) in [4.78, 5) is 0. The van der Waals surface area contributed by atoms with Crippen LogP contribution in [0.5, 0.6) is 0 Å². The van der Waals surface area contributed by atoms with Crippen LogP contribution < -0.4 is 5.32 Å². The van der Waals surface area contributed by atoms with E-state index in [1.807, 2.05) is 18.2 Å². The molecule has 1 nitrogen and oxygen atoms in total. The Labute approximate surface area is 133 Å². The first kappa shape index (κ1) is 16.1. The maximum atomic E-state index is 6.10. The van der Waals surface area contributed by atoms with Gasteiger partial charge in [0, 0.05) is 17.1 Å². The van der Waals surface area contributed by atoms with Crippen LogP contribution in [-0.2, 0) is 0 Å². The van der Waals surface area contributed by atoms with E-state index in [4.69, 9.17) is 11.6 Å². The normalized spacial score (nSPS) is 13.9. The Morgan fingerprint density at radius 1 is 1.00 bits per heavy atom. The second-order valence-corrected chi connectivity index (χ2v) is 5.99. The second kappa shape index (κ2) is 8.21. The fourth-order valence-corrected chi connectivity index (χ4v) is 2.81. The highest BCUT2D eigenvalue weighted by Gasteiger charge is 2.15. The number of rotatable bonds is 7. The molecule has 0 saturated carbocycles. The van der Waals surface area contributed by atoms with Crippen molar-refractivity contribution in [2.45, 2.75) is 45.2 Å². The van der Waals surface area contributed by atoms with E-state index in [0.717, 1.165) is 11.4 Å². The summed E-state index contributed by atoms with van der Waals surface area (Å²) in [7, 11) is 0. The van der Waals surface area contributed by atoms with E-state index in [2.05, 4.69) is 55.6 Å². The molecule has 0 aliphatic carbocycles. The van der Waals surface area contributed by atoms with Gasteiger partial charge >= 0.3 is 0 Å². The summed E-state index contributed by atoms with van der Waals surface area (Å²) in [5, 5.41) is 4.55. The maximum Gasteiger partial charge on any atom is 0.0409 e. The second-order valence-electron chi connectivity index (χ2n) is 5.55. The van der Waals surface area contributed by atoms with Crippen LogP contribution in [0.2, 0.25) is 5.02 Å². The maximum absolute atomic E-state index is 6.10. The fraction of sp³-hybridized carbons (Fsp3) is 0.368. The molecule has 0 amide bonds. The molecular formula is C19H24ClN. The van der Waals surface area contributed by atoms with Crippen molar-refractivity contribution in [2.75, 3.05) is 0 Å². The van der Waals surface area contributed by atoms with Crippen molar-refractivity contribution in [3.63, 3.8) is 0 Å². The Morgan fingerprint density at radius 2 is 1.71 bits per heavy atom. The van der Waals surface area contributed by atoms with Gasteiger partial charge in [0.15, 0.2) is 0 Å². The van der Waals surface area contributed by atoms with Crippen LogP contribution in [0.4, 0.5) is 0 Å². The van der Waals surface area contributed by atoms with E-state index < -0.39 is 0 Å². The van der Waals surface area contributed by atoms with Crippen molar-refractivity contribution in [2.24, 2.45) is 0 Å². The molecule has 0 fully saturated rings. The lowest BCUT2D eigenvalue weighted by Gasteiger charge is -2.24. The van der Waals surface area contributed by atoms with Gasteiger partial charge in [0.25, 0.3) is 0 Å². The molecular weight excluding hydrogens is 278 g/mol. The average molecular weight is 302 g/mol. The molecule has 112 valence electrons. The lowest BCUT2D eigenvalue weighted by molar-refractivity contribution is 0.431. The number of hydrogen-bond donors (Lipinski definition) is 1. The predicted molar refractivity (Wildman–Crippen MR) is 91.7 cm³/mol. The van der Waals surface area contributed by atoms with Crippen LogP contribution >= 0.6 is 11.6 Å².